The number of alkyl carbamates (subject to hydrolysis) is 1. The van der Waals surface area contributed by atoms with Crippen LogP contribution >= 0.6 is 12.4 Å². The first kappa shape index (κ1) is 31.9. The average molecular weight is 535 g/mol. The van der Waals surface area contributed by atoms with Crippen molar-refractivity contribution in [1.29, 1.82) is 0 Å². The molecule has 0 heterocycles. The Morgan fingerprint density at radius 1 is 0.946 bits per heavy atom. The van der Waals surface area contributed by atoms with E-state index in [-0.39, 0.29) is 37.9 Å². The molecule has 0 aromatic heterocycles. The molecule has 0 aliphatic heterocycles. The van der Waals surface area contributed by atoms with Crippen molar-refractivity contribution in [2.45, 2.75) is 65.0 Å². The predicted molar refractivity (Wildman–Crippen MR) is 145 cm³/mol. The molecule has 37 heavy (non-hydrogen) atoms. The molecule has 2 rings (SSSR count). The molecular formula is C27H39ClN4O5. The minimum absolute atomic E-state index is 0. The first-order valence-electron chi connectivity index (χ1n) is 11.9. The summed E-state index contributed by atoms with van der Waals surface area (Å²) in [4.78, 5) is 40.0. The second-order valence-corrected chi connectivity index (χ2v) is 10.1. The number of rotatable bonds is 9. The fourth-order valence-electron chi connectivity index (χ4n) is 3.31. The normalized spacial score (nSPS) is 13.5. The monoisotopic (exact) mass is 534 g/mol. The highest BCUT2D eigenvalue weighted by Crippen LogP contribution is 2.18. The van der Waals surface area contributed by atoms with Crippen LogP contribution in [0.25, 0.3) is 0 Å². The molecule has 5 N–H and O–H groups in total. The van der Waals surface area contributed by atoms with E-state index in [0.29, 0.717) is 0 Å². The summed E-state index contributed by atoms with van der Waals surface area (Å²) >= 11 is 0. The summed E-state index contributed by atoms with van der Waals surface area (Å²) in [6.07, 6.45) is -1.47. The Bertz CT molecular complexity index is 1010. The average Bonchev–Trinajstić information content (AvgIpc) is 2.80. The molecular weight excluding hydrogens is 496 g/mol. The molecule has 204 valence electrons. The van der Waals surface area contributed by atoms with Gasteiger partial charge in [-0.05, 0) is 44.2 Å². The maximum Gasteiger partial charge on any atom is 0.417 e. The van der Waals surface area contributed by atoms with Crippen LogP contribution in [0.4, 0.5) is 9.59 Å². The molecule has 0 spiro atoms. The highest BCUT2D eigenvalue weighted by Gasteiger charge is 2.40. The lowest BCUT2D eigenvalue weighted by atomic mass is 9.95. The molecule has 0 saturated heterocycles. The number of ether oxygens (including phenoxy) is 2. The van der Waals surface area contributed by atoms with Gasteiger partial charge in [0, 0.05) is 0 Å². The SMILES string of the molecule is CC(C)[C@@](N)(CN(C(=O)OCc1ccccc1)C(=O)[C@@H](N)Cc1ccccc1)NC(=O)OC(C)(C)C.Cl. The third kappa shape index (κ3) is 10.4. The Labute approximate surface area is 225 Å². The van der Waals surface area contributed by atoms with Gasteiger partial charge in [-0.2, -0.15) is 0 Å². The van der Waals surface area contributed by atoms with Crippen LogP contribution in [0.3, 0.4) is 0 Å². The lowest BCUT2D eigenvalue weighted by molar-refractivity contribution is -0.132. The third-order valence-corrected chi connectivity index (χ3v) is 5.49. The lowest BCUT2D eigenvalue weighted by Crippen LogP contribution is -2.67. The minimum Gasteiger partial charge on any atom is -0.444 e. The maximum atomic E-state index is 13.4. The van der Waals surface area contributed by atoms with E-state index >= 15 is 0 Å². The first-order valence-corrected chi connectivity index (χ1v) is 11.9. The molecule has 0 radical (unpaired) electrons. The van der Waals surface area contributed by atoms with Crippen LogP contribution in [-0.4, -0.2) is 46.8 Å². The number of carbonyl (C=O) groups excluding carboxylic acids is 3. The van der Waals surface area contributed by atoms with E-state index in [0.717, 1.165) is 16.0 Å². The Morgan fingerprint density at radius 3 is 1.95 bits per heavy atom. The van der Waals surface area contributed by atoms with E-state index in [9.17, 15) is 14.4 Å². The van der Waals surface area contributed by atoms with Crippen molar-refractivity contribution in [2.24, 2.45) is 17.4 Å². The largest absolute Gasteiger partial charge is 0.444 e. The number of benzene rings is 2. The molecule has 2 atom stereocenters. The van der Waals surface area contributed by atoms with Crippen molar-refractivity contribution in [1.82, 2.24) is 10.2 Å². The fourth-order valence-corrected chi connectivity index (χ4v) is 3.31. The molecule has 2 aromatic carbocycles. The molecule has 0 bridgehead atoms. The molecule has 0 fully saturated rings. The van der Waals surface area contributed by atoms with E-state index in [1.54, 1.807) is 46.8 Å². The summed E-state index contributed by atoms with van der Waals surface area (Å²) in [6, 6.07) is 17.3. The van der Waals surface area contributed by atoms with Crippen molar-refractivity contribution in [3.05, 3.63) is 71.8 Å². The summed E-state index contributed by atoms with van der Waals surface area (Å²) < 4.78 is 10.8. The van der Waals surface area contributed by atoms with Crippen LogP contribution in [0.1, 0.15) is 45.7 Å². The minimum atomic E-state index is -1.50. The molecule has 9 nitrogen and oxygen atoms in total. The zero-order chi connectivity index (χ0) is 26.9. The second kappa shape index (κ2) is 14.0. The standard InChI is InChI=1S/C27H38N4O5.ClH/c1-19(2)27(29,30-24(33)36-26(3,4)5)18-31(25(34)35-17-21-14-10-7-11-15-21)23(32)22(28)16-20-12-8-6-9-13-20;/h6-15,19,22H,16-18,28-29H2,1-5H3,(H,30,33);1H/t22-,27+;/m0./s1. The van der Waals surface area contributed by atoms with Crippen LogP contribution in [0.15, 0.2) is 60.7 Å². The van der Waals surface area contributed by atoms with Crippen LogP contribution in [0.2, 0.25) is 0 Å². The maximum absolute atomic E-state index is 13.4. The van der Waals surface area contributed by atoms with E-state index < -0.39 is 35.4 Å². The summed E-state index contributed by atoms with van der Waals surface area (Å²) in [7, 11) is 0. The van der Waals surface area contributed by atoms with Gasteiger partial charge in [0.05, 0.1) is 12.6 Å². The van der Waals surface area contributed by atoms with E-state index in [1.807, 2.05) is 48.5 Å². The topological polar surface area (TPSA) is 137 Å². The zero-order valence-corrected chi connectivity index (χ0v) is 22.9. The summed E-state index contributed by atoms with van der Waals surface area (Å²) in [5.41, 5.74) is 12.1. The van der Waals surface area contributed by atoms with E-state index in [1.165, 1.54) is 0 Å². The quantitative estimate of drug-likeness (QED) is 0.414. The Kier molecular flexibility index (Phi) is 12.0. The van der Waals surface area contributed by atoms with Crippen molar-refractivity contribution < 1.29 is 23.9 Å². The van der Waals surface area contributed by atoms with Crippen LogP contribution in [-0.2, 0) is 27.3 Å². The number of nitrogens with zero attached hydrogens (tertiary/aromatic N) is 1. The highest BCUT2D eigenvalue weighted by molar-refractivity contribution is 5.95. The smallest absolute Gasteiger partial charge is 0.417 e. The number of carbonyl (C=O) groups is 3. The van der Waals surface area contributed by atoms with Crippen molar-refractivity contribution in [2.75, 3.05) is 6.54 Å². The summed E-state index contributed by atoms with van der Waals surface area (Å²) in [5, 5.41) is 2.63. The van der Waals surface area contributed by atoms with Crippen molar-refractivity contribution in [3.63, 3.8) is 0 Å². The van der Waals surface area contributed by atoms with Gasteiger partial charge in [0.15, 0.2) is 0 Å². The van der Waals surface area contributed by atoms with Crippen LogP contribution < -0.4 is 16.8 Å². The van der Waals surface area contributed by atoms with Gasteiger partial charge in [-0.1, -0.05) is 74.5 Å². The molecule has 2 aromatic rings. The zero-order valence-electron chi connectivity index (χ0n) is 22.1. The van der Waals surface area contributed by atoms with Gasteiger partial charge in [-0.15, -0.1) is 12.4 Å². The first-order chi connectivity index (χ1) is 16.8. The van der Waals surface area contributed by atoms with Crippen LogP contribution in [0.5, 0.6) is 0 Å². The summed E-state index contributed by atoms with van der Waals surface area (Å²) in [5.74, 6) is -1.05. The molecule has 0 unspecified atom stereocenters. The Balaban J connectivity index is 0.00000684. The van der Waals surface area contributed by atoms with E-state index in [4.69, 9.17) is 20.9 Å². The second-order valence-electron chi connectivity index (χ2n) is 10.1. The van der Waals surface area contributed by atoms with Gasteiger partial charge < -0.3 is 26.3 Å². The Morgan fingerprint density at radius 2 is 1.46 bits per heavy atom. The Hall–Kier alpha value is -3.14. The predicted octanol–water partition coefficient (Wildman–Crippen LogP) is 3.98. The molecule has 10 heteroatoms. The van der Waals surface area contributed by atoms with Crippen molar-refractivity contribution in [3.8, 4) is 0 Å². The van der Waals surface area contributed by atoms with Gasteiger partial charge in [-0.3, -0.25) is 4.79 Å². The van der Waals surface area contributed by atoms with Crippen molar-refractivity contribution >= 4 is 30.5 Å². The number of hydrogen-bond donors (Lipinski definition) is 3. The fraction of sp³-hybridized carbons (Fsp3) is 0.444. The van der Waals surface area contributed by atoms with Gasteiger partial charge in [0.2, 0.25) is 5.91 Å². The van der Waals surface area contributed by atoms with Crippen LogP contribution in [0, 0.1) is 5.92 Å². The highest BCUT2D eigenvalue weighted by atomic mass is 35.5. The third-order valence-electron chi connectivity index (χ3n) is 5.49. The summed E-state index contributed by atoms with van der Waals surface area (Å²) in [6.45, 7) is 8.28. The van der Waals surface area contributed by atoms with E-state index in [2.05, 4.69) is 5.32 Å². The van der Waals surface area contributed by atoms with Gasteiger partial charge in [-0.25, -0.2) is 14.5 Å². The van der Waals surface area contributed by atoms with Gasteiger partial charge in [0.25, 0.3) is 0 Å². The number of imide groups is 1. The molecule has 0 saturated carbocycles. The van der Waals surface area contributed by atoms with Gasteiger partial charge >= 0.3 is 12.2 Å². The van der Waals surface area contributed by atoms with Gasteiger partial charge in [0.1, 0.15) is 17.9 Å². The lowest BCUT2D eigenvalue weighted by Gasteiger charge is -2.38. The number of nitrogens with one attached hydrogen (secondary N) is 1. The number of halogens is 1. The molecule has 3 amide bonds. The molecule has 0 aliphatic rings. The number of amides is 3. The number of nitrogens with two attached hydrogens (primary N) is 2. The number of hydrogen-bond acceptors (Lipinski definition) is 7. The molecule has 0 aliphatic carbocycles.